The number of carbonyl (C=O) groups is 2. The Labute approximate surface area is 129 Å². The number of hydrogen-bond donors (Lipinski definition) is 2. The Bertz CT molecular complexity index is 490. The van der Waals surface area contributed by atoms with Gasteiger partial charge in [-0.2, -0.15) is 0 Å². The minimum Gasteiger partial charge on any atom is -0.481 e. The average Bonchev–Trinajstić information content (AvgIpc) is 2.43. The highest BCUT2D eigenvalue weighted by Gasteiger charge is 2.18. The van der Waals surface area contributed by atoms with Crippen LogP contribution in [0.1, 0.15) is 31.9 Å². The van der Waals surface area contributed by atoms with Gasteiger partial charge in [0.15, 0.2) is 0 Å². The van der Waals surface area contributed by atoms with Crippen LogP contribution in [0, 0.1) is 5.92 Å². The van der Waals surface area contributed by atoms with Gasteiger partial charge in [0.25, 0.3) is 0 Å². The van der Waals surface area contributed by atoms with Gasteiger partial charge in [-0.15, -0.1) is 0 Å². The van der Waals surface area contributed by atoms with E-state index in [0.29, 0.717) is 11.6 Å². The summed E-state index contributed by atoms with van der Waals surface area (Å²) in [5.41, 5.74) is 0.982. The van der Waals surface area contributed by atoms with Crippen LogP contribution in [0.15, 0.2) is 24.3 Å². The predicted molar refractivity (Wildman–Crippen MR) is 82.4 cm³/mol. The van der Waals surface area contributed by atoms with Crippen LogP contribution in [-0.4, -0.2) is 35.6 Å². The zero-order chi connectivity index (χ0) is 16.0. The van der Waals surface area contributed by atoms with Crippen LogP contribution in [0.25, 0.3) is 0 Å². The smallest absolute Gasteiger partial charge is 0.317 e. The Morgan fingerprint density at radius 3 is 2.38 bits per heavy atom. The molecule has 5 nitrogen and oxygen atoms in total. The summed E-state index contributed by atoms with van der Waals surface area (Å²) >= 11 is 5.84. The van der Waals surface area contributed by atoms with E-state index < -0.39 is 5.97 Å². The molecule has 2 amide bonds. The molecular weight excluding hydrogens is 292 g/mol. The Hall–Kier alpha value is -1.75. The molecule has 0 saturated heterocycles. The summed E-state index contributed by atoms with van der Waals surface area (Å²) < 4.78 is 0. The van der Waals surface area contributed by atoms with Crippen molar-refractivity contribution in [2.24, 2.45) is 5.92 Å². The van der Waals surface area contributed by atoms with Crippen molar-refractivity contribution in [1.29, 1.82) is 0 Å². The minimum absolute atomic E-state index is 0.0384. The van der Waals surface area contributed by atoms with Gasteiger partial charge in [0.2, 0.25) is 0 Å². The van der Waals surface area contributed by atoms with Crippen LogP contribution in [0.5, 0.6) is 0 Å². The van der Waals surface area contributed by atoms with Gasteiger partial charge in [0, 0.05) is 25.0 Å². The fourth-order valence-corrected chi connectivity index (χ4v) is 2.02. The minimum atomic E-state index is -0.861. The number of amides is 2. The Balaban J connectivity index is 2.53. The van der Waals surface area contributed by atoms with Crippen LogP contribution in [-0.2, 0) is 4.79 Å². The van der Waals surface area contributed by atoms with E-state index in [1.54, 1.807) is 31.0 Å². The maximum Gasteiger partial charge on any atom is 0.317 e. The molecule has 0 aromatic heterocycles. The highest BCUT2D eigenvalue weighted by atomic mass is 35.5. The summed E-state index contributed by atoms with van der Waals surface area (Å²) in [6.45, 7) is 4.04. The zero-order valence-corrected chi connectivity index (χ0v) is 13.2. The maximum absolute atomic E-state index is 12.1. The van der Waals surface area contributed by atoms with E-state index in [4.69, 9.17) is 16.7 Å². The van der Waals surface area contributed by atoms with Gasteiger partial charge in [-0.1, -0.05) is 30.7 Å². The lowest BCUT2D eigenvalue weighted by Gasteiger charge is -2.26. The topological polar surface area (TPSA) is 69.6 Å². The zero-order valence-electron chi connectivity index (χ0n) is 12.5. The maximum atomic E-state index is 12.1. The second-order valence-electron chi connectivity index (χ2n) is 5.23. The number of benzene rings is 1. The van der Waals surface area contributed by atoms with E-state index in [9.17, 15) is 9.59 Å². The number of hydrogen-bond acceptors (Lipinski definition) is 2. The van der Waals surface area contributed by atoms with Gasteiger partial charge in [-0.3, -0.25) is 4.79 Å². The third kappa shape index (κ3) is 5.63. The number of carboxylic acid groups (broad SMARTS) is 1. The number of nitrogens with one attached hydrogen (secondary N) is 1. The van der Waals surface area contributed by atoms with Gasteiger partial charge in [-0.25, -0.2) is 4.79 Å². The second kappa shape index (κ2) is 7.88. The molecular formula is C15H21ClN2O3. The summed E-state index contributed by atoms with van der Waals surface area (Å²) in [5.74, 6) is -0.967. The first-order valence-electron chi connectivity index (χ1n) is 6.79. The highest BCUT2D eigenvalue weighted by molar-refractivity contribution is 6.30. The van der Waals surface area contributed by atoms with E-state index in [2.05, 4.69) is 5.32 Å². The van der Waals surface area contributed by atoms with Gasteiger partial charge in [-0.05, 0) is 30.5 Å². The molecule has 21 heavy (non-hydrogen) atoms. The SMILES string of the molecule is CC(CNC(=O)N(C)C(C)c1ccc(Cl)cc1)CC(=O)O. The first-order valence-corrected chi connectivity index (χ1v) is 7.17. The number of rotatable bonds is 6. The molecule has 0 aliphatic heterocycles. The first kappa shape index (κ1) is 17.3. The van der Waals surface area contributed by atoms with Crippen molar-refractivity contribution < 1.29 is 14.7 Å². The van der Waals surface area contributed by atoms with Crippen molar-refractivity contribution >= 4 is 23.6 Å². The van der Waals surface area contributed by atoms with Crippen molar-refractivity contribution in [3.63, 3.8) is 0 Å². The number of halogens is 1. The van der Waals surface area contributed by atoms with Gasteiger partial charge in [0.05, 0.1) is 6.04 Å². The van der Waals surface area contributed by atoms with Crippen LogP contribution in [0.2, 0.25) is 5.02 Å². The summed E-state index contributed by atoms with van der Waals surface area (Å²) in [6, 6.07) is 7.00. The lowest BCUT2D eigenvalue weighted by atomic mass is 10.1. The fourth-order valence-electron chi connectivity index (χ4n) is 1.90. The van der Waals surface area contributed by atoms with E-state index >= 15 is 0 Å². The normalized spacial score (nSPS) is 13.3. The number of carboxylic acids is 1. The molecule has 2 atom stereocenters. The van der Waals surface area contributed by atoms with Crippen molar-refractivity contribution in [3.8, 4) is 0 Å². The third-order valence-corrected chi connectivity index (χ3v) is 3.63. The summed E-state index contributed by atoms with van der Waals surface area (Å²) in [6.07, 6.45) is 0.0384. The summed E-state index contributed by atoms with van der Waals surface area (Å²) in [4.78, 5) is 24.2. The number of carbonyl (C=O) groups excluding carboxylic acids is 1. The monoisotopic (exact) mass is 312 g/mol. The average molecular weight is 313 g/mol. The molecule has 0 fully saturated rings. The second-order valence-corrected chi connectivity index (χ2v) is 5.66. The highest BCUT2D eigenvalue weighted by Crippen LogP contribution is 2.20. The molecule has 0 spiro atoms. The van der Waals surface area contributed by atoms with Gasteiger partial charge >= 0.3 is 12.0 Å². The summed E-state index contributed by atoms with van der Waals surface area (Å²) in [7, 11) is 1.70. The largest absolute Gasteiger partial charge is 0.481 e. The van der Waals surface area contributed by atoms with E-state index in [0.717, 1.165) is 5.56 Å². The first-order chi connectivity index (χ1) is 9.81. The molecule has 2 unspecified atom stereocenters. The van der Waals surface area contributed by atoms with Crippen LogP contribution >= 0.6 is 11.6 Å². The van der Waals surface area contributed by atoms with Crippen LogP contribution in [0.4, 0.5) is 4.79 Å². The molecule has 0 bridgehead atoms. The van der Waals surface area contributed by atoms with Gasteiger partial charge < -0.3 is 15.3 Å². The van der Waals surface area contributed by atoms with Crippen molar-refractivity contribution in [2.45, 2.75) is 26.3 Å². The van der Waals surface area contributed by atoms with E-state index in [1.807, 2.05) is 19.1 Å². The molecule has 0 radical (unpaired) electrons. The molecule has 0 saturated carbocycles. The molecule has 0 aliphatic carbocycles. The molecule has 6 heteroatoms. The quantitative estimate of drug-likeness (QED) is 0.847. The number of nitrogens with zero attached hydrogens (tertiary/aromatic N) is 1. The lowest BCUT2D eigenvalue weighted by molar-refractivity contribution is -0.137. The third-order valence-electron chi connectivity index (χ3n) is 3.38. The summed E-state index contributed by atoms with van der Waals surface area (Å²) in [5, 5.41) is 12.1. The van der Waals surface area contributed by atoms with E-state index in [1.165, 1.54) is 0 Å². The van der Waals surface area contributed by atoms with Crippen LogP contribution in [0.3, 0.4) is 0 Å². The molecule has 2 N–H and O–H groups in total. The predicted octanol–water partition coefficient (Wildman–Crippen LogP) is 3.15. The molecule has 0 aliphatic rings. The Kier molecular flexibility index (Phi) is 6.49. The van der Waals surface area contributed by atoms with Crippen molar-refractivity contribution in [1.82, 2.24) is 10.2 Å². The van der Waals surface area contributed by atoms with Crippen molar-refractivity contribution in [2.75, 3.05) is 13.6 Å². The van der Waals surface area contributed by atoms with Crippen LogP contribution < -0.4 is 5.32 Å². The molecule has 116 valence electrons. The Morgan fingerprint density at radius 1 is 1.29 bits per heavy atom. The molecule has 1 aromatic carbocycles. The van der Waals surface area contributed by atoms with Crippen molar-refractivity contribution in [3.05, 3.63) is 34.9 Å². The number of aliphatic carboxylic acids is 1. The fraction of sp³-hybridized carbons (Fsp3) is 0.467. The number of urea groups is 1. The molecule has 1 aromatic rings. The molecule has 1 rings (SSSR count). The lowest BCUT2D eigenvalue weighted by Crippen LogP contribution is -2.40. The van der Waals surface area contributed by atoms with Gasteiger partial charge in [0.1, 0.15) is 0 Å². The Morgan fingerprint density at radius 2 is 1.86 bits per heavy atom. The standard InChI is InChI=1S/C15H21ClN2O3/c1-10(8-14(19)20)9-17-15(21)18(3)11(2)12-4-6-13(16)7-5-12/h4-7,10-11H,8-9H2,1-3H3,(H,17,21)(H,19,20). The molecule has 0 heterocycles. The van der Waals surface area contributed by atoms with E-state index in [-0.39, 0.29) is 24.4 Å².